The zero-order chi connectivity index (χ0) is 14.5. The summed E-state index contributed by atoms with van der Waals surface area (Å²) >= 11 is 0. The van der Waals surface area contributed by atoms with Crippen molar-refractivity contribution in [2.45, 2.75) is 39.5 Å². The van der Waals surface area contributed by atoms with Crippen LogP contribution in [0.4, 0.5) is 0 Å². The SMILES string of the molecule is CCCC(CNS(=O)(=O)N1CCCC(C)C1)C(=O)O. The topological polar surface area (TPSA) is 86.7 Å². The lowest BCUT2D eigenvalue weighted by molar-refractivity contribution is -0.141. The Kier molecular flexibility index (Phi) is 6.22. The number of aliphatic carboxylic acids is 1. The molecule has 0 radical (unpaired) electrons. The summed E-state index contributed by atoms with van der Waals surface area (Å²) in [4.78, 5) is 11.0. The first-order chi connectivity index (χ1) is 8.86. The molecule has 0 bridgehead atoms. The molecule has 0 aromatic carbocycles. The van der Waals surface area contributed by atoms with Gasteiger partial charge >= 0.3 is 5.97 Å². The minimum atomic E-state index is -3.54. The largest absolute Gasteiger partial charge is 0.481 e. The number of carboxylic acids is 1. The van der Waals surface area contributed by atoms with Gasteiger partial charge in [0.2, 0.25) is 0 Å². The van der Waals surface area contributed by atoms with Gasteiger partial charge in [-0.15, -0.1) is 0 Å². The van der Waals surface area contributed by atoms with Gasteiger partial charge in [-0.2, -0.15) is 12.7 Å². The molecule has 0 aromatic heterocycles. The number of piperidine rings is 1. The molecule has 1 aliphatic rings. The van der Waals surface area contributed by atoms with E-state index in [4.69, 9.17) is 5.11 Å². The van der Waals surface area contributed by atoms with Crippen molar-refractivity contribution in [3.05, 3.63) is 0 Å². The minimum Gasteiger partial charge on any atom is -0.481 e. The second kappa shape index (κ2) is 7.21. The molecule has 1 fully saturated rings. The zero-order valence-electron chi connectivity index (χ0n) is 11.6. The molecular weight excluding hydrogens is 268 g/mol. The maximum atomic E-state index is 12.1. The highest BCUT2D eigenvalue weighted by atomic mass is 32.2. The minimum absolute atomic E-state index is 0.0314. The van der Waals surface area contributed by atoms with E-state index in [1.165, 1.54) is 4.31 Å². The van der Waals surface area contributed by atoms with Crippen molar-refractivity contribution in [1.29, 1.82) is 0 Å². The highest BCUT2D eigenvalue weighted by molar-refractivity contribution is 7.87. The highest BCUT2D eigenvalue weighted by Gasteiger charge is 2.28. The summed E-state index contributed by atoms with van der Waals surface area (Å²) in [5.41, 5.74) is 0. The molecule has 1 saturated heterocycles. The molecule has 0 aromatic rings. The van der Waals surface area contributed by atoms with Gasteiger partial charge in [-0.3, -0.25) is 4.79 Å². The molecule has 0 aliphatic carbocycles. The van der Waals surface area contributed by atoms with Crippen molar-refractivity contribution in [2.24, 2.45) is 11.8 Å². The molecule has 2 N–H and O–H groups in total. The predicted octanol–water partition coefficient (Wildman–Crippen LogP) is 1.05. The van der Waals surface area contributed by atoms with Crippen molar-refractivity contribution in [3.8, 4) is 0 Å². The Balaban J connectivity index is 2.56. The molecule has 6 nitrogen and oxygen atoms in total. The average molecular weight is 292 g/mol. The Morgan fingerprint density at radius 2 is 2.21 bits per heavy atom. The molecule has 2 unspecified atom stereocenters. The van der Waals surface area contributed by atoms with Crippen molar-refractivity contribution in [3.63, 3.8) is 0 Å². The maximum Gasteiger partial charge on any atom is 0.307 e. The molecule has 1 aliphatic heterocycles. The van der Waals surface area contributed by atoms with Crippen LogP contribution in [-0.4, -0.2) is 43.4 Å². The molecule has 2 atom stereocenters. The fourth-order valence-electron chi connectivity index (χ4n) is 2.32. The van der Waals surface area contributed by atoms with E-state index in [2.05, 4.69) is 4.72 Å². The molecule has 1 heterocycles. The summed E-state index contributed by atoms with van der Waals surface area (Å²) in [6, 6.07) is 0. The van der Waals surface area contributed by atoms with E-state index in [-0.39, 0.29) is 6.54 Å². The number of carboxylic acid groups (broad SMARTS) is 1. The quantitative estimate of drug-likeness (QED) is 0.734. The van der Waals surface area contributed by atoms with Gasteiger partial charge in [0, 0.05) is 19.6 Å². The fourth-order valence-corrected chi connectivity index (χ4v) is 3.74. The van der Waals surface area contributed by atoms with Gasteiger partial charge in [0.05, 0.1) is 5.92 Å². The standard InChI is InChI=1S/C12H24N2O4S/c1-3-5-11(12(15)16)8-13-19(17,18)14-7-4-6-10(2)9-14/h10-11,13H,3-9H2,1-2H3,(H,15,16). The summed E-state index contributed by atoms with van der Waals surface area (Å²) in [6.45, 7) is 4.91. The predicted molar refractivity (Wildman–Crippen MR) is 72.9 cm³/mol. The Hall–Kier alpha value is -0.660. The average Bonchev–Trinajstić information content (AvgIpc) is 2.34. The summed E-state index contributed by atoms with van der Waals surface area (Å²) in [7, 11) is -3.54. The number of hydrogen-bond donors (Lipinski definition) is 2. The molecule has 0 saturated carbocycles. The molecule has 112 valence electrons. The van der Waals surface area contributed by atoms with Crippen LogP contribution in [0, 0.1) is 11.8 Å². The molecule has 0 spiro atoms. The van der Waals surface area contributed by atoms with E-state index < -0.39 is 22.1 Å². The Morgan fingerprint density at radius 1 is 1.53 bits per heavy atom. The third-order valence-corrected chi connectivity index (χ3v) is 5.00. The first-order valence-corrected chi connectivity index (χ1v) is 8.28. The van der Waals surface area contributed by atoms with Gasteiger partial charge in [-0.05, 0) is 25.2 Å². The molecular formula is C12H24N2O4S. The number of nitrogens with one attached hydrogen (secondary N) is 1. The second-order valence-corrected chi connectivity index (χ2v) is 7.04. The van der Waals surface area contributed by atoms with Crippen molar-refractivity contribution >= 4 is 16.2 Å². The van der Waals surface area contributed by atoms with Gasteiger partial charge in [0.25, 0.3) is 10.2 Å². The van der Waals surface area contributed by atoms with Gasteiger partial charge in [0.15, 0.2) is 0 Å². The number of hydrogen-bond acceptors (Lipinski definition) is 3. The van der Waals surface area contributed by atoms with E-state index in [0.717, 1.165) is 19.3 Å². The first-order valence-electron chi connectivity index (χ1n) is 6.84. The van der Waals surface area contributed by atoms with E-state index in [1.807, 2.05) is 13.8 Å². The lowest BCUT2D eigenvalue weighted by Gasteiger charge is -2.30. The highest BCUT2D eigenvalue weighted by Crippen LogP contribution is 2.18. The van der Waals surface area contributed by atoms with Crippen LogP contribution in [-0.2, 0) is 15.0 Å². The first kappa shape index (κ1) is 16.4. The third-order valence-electron chi connectivity index (χ3n) is 3.46. The fraction of sp³-hybridized carbons (Fsp3) is 0.917. The van der Waals surface area contributed by atoms with Crippen LogP contribution in [0.15, 0.2) is 0 Å². The smallest absolute Gasteiger partial charge is 0.307 e. The Labute approximate surface area is 115 Å². The normalized spacial score (nSPS) is 23.2. The van der Waals surface area contributed by atoms with E-state index in [1.54, 1.807) is 0 Å². The lowest BCUT2D eigenvalue weighted by atomic mass is 10.0. The van der Waals surface area contributed by atoms with E-state index in [9.17, 15) is 13.2 Å². The number of carbonyl (C=O) groups is 1. The van der Waals surface area contributed by atoms with E-state index >= 15 is 0 Å². The van der Waals surface area contributed by atoms with E-state index in [0.29, 0.717) is 25.4 Å². The van der Waals surface area contributed by atoms with Crippen LogP contribution in [0.25, 0.3) is 0 Å². The molecule has 7 heteroatoms. The van der Waals surface area contributed by atoms with Crippen LogP contribution in [0.2, 0.25) is 0 Å². The Bertz CT molecular complexity index is 397. The zero-order valence-corrected chi connectivity index (χ0v) is 12.4. The van der Waals surface area contributed by atoms with Crippen LogP contribution >= 0.6 is 0 Å². The van der Waals surface area contributed by atoms with Crippen LogP contribution < -0.4 is 4.72 Å². The Morgan fingerprint density at radius 3 is 2.74 bits per heavy atom. The van der Waals surface area contributed by atoms with Crippen molar-refractivity contribution in [2.75, 3.05) is 19.6 Å². The molecule has 19 heavy (non-hydrogen) atoms. The van der Waals surface area contributed by atoms with Crippen LogP contribution in [0.1, 0.15) is 39.5 Å². The number of nitrogens with zero attached hydrogens (tertiary/aromatic N) is 1. The monoisotopic (exact) mass is 292 g/mol. The lowest BCUT2D eigenvalue weighted by Crippen LogP contribution is -2.47. The maximum absolute atomic E-state index is 12.1. The van der Waals surface area contributed by atoms with Crippen LogP contribution in [0.3, 0.4) is 0 Å². The van der Waals surface area contributed by atoms with Gasteiger partial charge in [-0.1, -0.05) is 20.3 Å². The van der Waals surface area contributed by atoms with Gasteiger partial charge < -0.3 is 5.11 Å². The number of rotatable bonds is 7. The van der Waals surface area contributed by atoms with Crippen molar-refractivity contribution in [1.82, 2.24) is 9.03 Å². The second-order valence-electron chi connectivity index (χ2n) is 5.28. The molecule has 0 amide bonds. The van der Waals surface area contributed by atoms with Crippen LogP contribution in [0.5, 0.6) is 0 Å². The van der Waals surface area contributed by atoms with Gasteiger partial charge in [-0.25, -0.2) is 4.72 Å². The summed E-state index contributed by atoms with van der Waals surface area (Å²) in [6.07, 6.45) is 3.10. The summed E-state index contributed by atoms with van der Waals surface area (Å²) in [5.74, 6) is -1.24. The third kappa shape index (κ3) is 5.08. The summed E-state index contributed by atoms with van der Waals surface area (Å²) in [5, 5.41) is 9.01. The summed E-state index contributed by atoms with van der Waals surface area (Å²) < 4.78 is 28.0. The van der Waals surface area contributed by atoms with Crippen molar-refractivity contribution < 1.29 is 18.3 Å². The molecule has 1 rings (SSSR count). The van der Waals surface area contributed by atoms with Gasteiger partial charge in [0.1, 0.15) is 0 Å².